The molecule has 1 N–H and O–H groups in total. The first-order valence-corrected chi connectivity index (χ1v) is 7.27. The summed E-state index contributed by atoms with van der Waals surface area (Å²) in [7, 11) is 0. The molecule has 0 fully saturated rings. The minimum atomic E-state index is -0.618. The quantitative estimate of drug-likeness (QED) is 0.705. The molecule has 23 heavy (non-hydrogen) atoms. The van der Waals surface area contributed by atoms with Crippen molar-refractivity contribution in [2.45, 2.75) is 6.54 Å². The van der Waals surface area contributed by atoms with E-state index in [0.29, 0.717) is 17.2 Å². The summed E-state index contributed by atoms with van der Waals surface area (Å²) in [5.74, 6) is -0.278. The van der Waals surface area contributed by atoms with Crippen molar-refractivity contribution >= 4 is 17.4 Å². The van der Waals surface area contributed by atoms with E-state index in [1.54, 1.807) is 6.07 Å². The van der Waals surface area contributed by atoms with E-state index in [1.807, 2.05) is 30.3 Å². The maximum absolute atomic E-state index is 13.2. The first kappa shape index (κ1) is 15.4. The van der Waals surface area contributed by atoms with E-state index in [4.69, 9.17) is 11.6 Å². The van der Waals surface area contributed by atoms with Crippen LogP contribution in [0.25, 0.3) is 11.4 Å². The van der Waals surface area contributed by atoms with Crippen molar-refractivity contribution in [1.82, 2.24) is 9.97 Å². The van der Waals surface area contributed by atoms with E-state index >= 15 is 0 Å². The number of aromatic nitrogens is 2. The molecule has 0 aliphatic heterocycles. The van der Waals surface area contributed by atoms with E-state index in [0.717, 1.165) is 11.6 Å². The molecule has 116 valence electrons. The average Bonchev–Trinajstić information content (AvgIpc) is 2.52. The second-order valence-corrected chi connectivity index (χ2v) is 5.28. The Morgan fingerprint density at radius 1 is 0.913 bits per heavy atom. The van der Waals surface area contributed by atoms with Crippen LogP contribution in [0.2, 0.25) is 5.15 Å². The summed E-state index contributed by atoms with van der Waals surface area (Å²) >= 11 is 6.02. The van der Waals surface area contributed by atoms with E-state index in [-0.39, 0.29) is 11.7 Å². The first-order chi connectivity index (χ1) is 11.1. The molecule has 0 bridgehead atoms. The molecule has 6 heteroatoms. The third-order valence-electron chi connectivity index (χ3n) is 3.12. The first-order valence-electron chi connectivity index (χ1n) is 6.89. The van der Waals surface area contributed by atoms with Gasteiger partial charge in [0.1, 0.15) is 22.6 Å². The number of rotatable bonds is 4. The molecule has 0 aliphatic rings. The van der Waals surface area contributed by atoms with Gasteiger partial charge in [-0.3, -0.25) is 0 Å². The van der Waals surface area contributed by atoms with Gasteiger partial charge in [0.15, 0.2) is 5.82 Å². The van der Waals surface area contributed by atoms with Crippen LogP contribution >= 0.6 is 11.6 Å². The summed E-state index contributed by atoms with van der Waals surface area (Å²) in [4.78, 5) is 8.55. The average molecular weight is 332 g/mol. The van der Waals surface area contributed by atoms with Crippen molar-refractivity contribution in [3.63, 3.8) is 0 Å². The fraction of sp³-hybridized carbons (Fsp3) is 0.0588. The predicted molar refractivity (Wildman–Crippen MR) is 86.2 cm³/mol. The number of anilines is 1. The lowest BCUT2D eigenvalue weighted by molar-refractivity contribution is 0.580. The van der Waals surface area contributed by atoms with E-state index in [9.17, 15) is 8.78 Å². The minimum absolute atomic E-state index is 0.219. The maximum Gasteiger partial charge on any atom is 0.163 e. The molecule has 0 saturated heterocycles. The zero-order chi connectivity index (χ0) is 16.2. The van der Waals surface area contributed by atoms with Crippen LogP contribution in [0, 0.1) is 11.6 Å². The van der Waals surface area contributed by atoms with Crippen molar-refractivity contribution < 1.29 is 8.78 Å². The smallest absolute Gasteiger partial charge is 0.163 e. The van der Waals surface area contributed by atoms with Crippen LogP contribution in [0.1, 0.15) is 5.56 Å². The molecule has 1 heterocycles. The molecule has 0 unspecified atom stereocenters. The maximum atomic E-state index is 13.2. The topological polar surface area (TPSA) is 37.8 Å². The van der Waals surface area contributed by atoms with Gasteiger partial charge >= 0.3 is 0 Å². The molecule has 3 aromatic rings. The predicted octanol–water partition coefficient (Wildman–Crippen LogP) is 4.69. The molecule has 3 rings (SSSR count). The Kier molecular flexibility index (Phi) is 4.48. The summed E-state index contributed by atoms with van der Waals surface area (Å²) in [6.45, 7) is 0.219. The Labute approximate surface area is 137 Å². The van der Waals surface area contributed by atoms with Crippen LogP contribution in [0.5, 0.6) is 0 Å². The number of hydrogen-bond donors (Lipinski definition) is 1. The van der Waals surface area contributed by atoms with E-state index < -0.39 is 11.6 Å². The summed E-state index contributed by atoms with van der Waals surface area (Å²) in [5, 5.41) is 3.28. The highest BCUT2D eigenvalue weighted by molar-refractivity contribution is 6.29. The van der Waals surface area contributed by atoms with Gasteiger partial charge in [-0.15, -0.1) is 0 Å². The van der Waals surface area contributed by atoms with Gasteiger partial charge in [0.25, 0.3) is 0 Å². The minimum Gasteiger partial charge on any atom is -0.366 e. The molecule has 1 aromatic heterocycles. The van der Waals surface area contributed by atoms with Gasteiger partial charge in [0.05, 0.1) is 0 Å². The largest absolute Gasteiger partial charge is 0.366 e. The molecule has 0 atom stereocenters. The summed E-state index contributed by atoms with van der Waals surface area (Å²) in [6.07, 6.45) is 0. The van der Waals surface area contributed by atoms with Gasteiger partial charge in [-0.2, -0.15) is 0 Å². The SMILES string of the molecule is Fc1cc(F)cc(CNc2cc(Cl)nc(-c3ccccc3)n2)c1. The Hall–Kier alpha value is -2.53. The van der Waals surface area contributed by atoms with Gasteiger partial charge in [-0.1, -0.05) is 41.9 Å². The van der Waals surface area contributed by atoms with Crippen LogP contribution in [-0.2, 0) is 6.54 Å². The van der Waals surface area contributed by atoms with Gasteiger partial charge in [-0.25, -0.2) is 18.7 Å². The summed E-state index contributed by atoms with van der Waals surface area (Å²) in [6, 6.07) is 14.3. The van der Waals surface area contributed by atoms with Crippen LogP contribution in [0.3, 0.4) is 0 Å². The molecule has 0 saturated carbocycles. The number of hydrogen-bond acceptors (Lipinski definition) is 3. The third-order valence-corrected chi connectivity index (χ3v) is 3.32. The van der Waals surface area contributed by atoms with Crippen molar-refractivity contribution in [1.29, 1.82) is 0 Å². The third kappa shape index (κ3) is 4.02. The molecular weight excluding hydrogens is 320 g/mol. The standard InChI is InChI=1S/C17H12ClF2N3/c18-15-9-16(21-10-11-6-13(19)8-14(20)7-11)23-17(22-15)12-4-2-1-3-5-12/h1-9H,10H2,(H,21,22,23). The van der Waals surface area contributed by atoms with Gasteiger partial charge in [0, 0.05) is 24.2 Å². The molecular formula is C17H12ClF2N3. The molecule has 0 aliphatic carbocycles. The number of nitrogens with one attached hydrogen (secondary N) is 1. The monoisotopic (exact) mass is 331 g/mol. The summed E-state index contributed by atoms with van der Waals surface area (Å²) in [5.41, 5.74) is 1.30. The molecule has 2 aromatic carbocycles. The van der Waals surface area contributed by atoms with Gasteiger partial charge in [0.2, 0.25) is 0 Å². The molecule has 0 radical (unpaired) electrons. The van der Waals surface area contributed by atoms with Crippen molar-refractivity contribution in [3.05, 3.63) is 76.9 Å². The van der Waals surface area contributed by atoms with Crippen molar-refractivity contribution in [2.75, 3.05) is 5.32 Å². The highest BCUT2D eigenvalue weighted by atomic mass is 35.5. The lowest BCUT2D eigenvalue weighted by Crippen LogP contribution is -2.04. The number of benzene rings is 2. The lowest BCUT2D eigenvalue weighted by atomic mass is 10.2. The Bertz CT molecular complexity index is 805. The highest BCUT2D eigenvalue weighted by Gasteiger charge is 2.06. The summed E-state index contributed by atoms with van der Waals surface area (Å²) < 4.78 is 26.4. The Morgan fingerprint density at radius 2 is 1.61 bits per heavy atom. The van der Waals surface area contributed by atoms with Crippen molar-refractivity contribution in [2.24, 2.45) is 0 Å². The van der Waals surface area contributed by atoms with Crippen LogP contribution in [0.15, 0.2) is 54.6 Å². The number of nitrogens with zero attached hydrogens (tertiary/aromatic N) is 2. The van der Waals surface area contributed by atoms with Crippen LogP contribution in [-0.4, -0.2) is 9.97 Å². The van der Waals surface area contributed by atoms with Gasteiger partial charge in [-0.05, 0) is 17.7 Å². The van der Waals surface area contributed by atoms with Gasteiger partial charge < -0.3 is 5.32 Å². The molecule has 0 spiro atoms. The molecule has 0 amide bonds. The van der Waals surface area contributed by atoms with E-state index in [1.165, 1.54) is 12.1 Å². The van der Waals surface area contributed by atoms with Crippen molar-refractivity contribution in [3.8, 4) is 11.4 Å². The van der Waals surface area contributed by atoms with Crippen LogP contribution in [0.4, 0.5) is 14.6 Å². The fourth-order valence-corrected chi connectivity index (χ4v) is 2.31. The molecule has 3 nitrogen and oxygen atoms in total. The second kappa shape index (κ2) is 6.71. The zero-order valence-corrected chi connectivity index (χ0v) is 12.7. The zero-order valence-electron chi connectivity index (χ0n) is 11.9. The normalized spacial score (nSPS) is 10.6. The van der Waals surface area contributed by atoms with E-state index in [2.05, 4.69) is 15.3 Å². The number of halogens is 3. The fourth-order valence-electron chi connectivity index (χ4n) is 2.13. The Morgan fingerprint density at radius 3 is 2.30 bits per heavy atom. The lowest BCUT2D eigenvalue weighted by Gasteiger charge is -2.08. The Balaban J connectivity index is 1.82. The highest BCUT2D eigenvalue weighted by Crippen LogP contribution is 2.20. The second-order valence-electron chi connectivity index (χ2n) is 4.90. The van der Waals surface area contributed by atoms with Crippen LogP contribution < -0.4 is 5.32 Å².